The highest BCUT2D eigenvalue weighted by molar-refractivity contribution is 6.13. The maximum absolute atomic E-state index is 2.55. The van der Waals surface area contributed by atoms with Crippen LogP contribution < -0.4 is 4.90 Å². The summed E-state index contributed by atoms with van der Waals surface area (Å²) in [6.07, 6.45) is 5.89. The van der Waals surface area contributed by atoms with Crippen LogP contribution in [0.4, 0.5) is 17.1 Å². The van der Waals surface area contributed by atoms with Crippen LogP contribution in [0.25, 0.3) is 99.8 Å². The largest absolute Gasteiger partial charge is 0.310 e. The van der Waals surface area contributed by atoms with Crippen molar-refractivity contribution in [3.8, 4) is 72.4 Å². The Labute approximate surface area is 476 Å². The van der Waals surface area contributed by atoms with Gasteiger partial charge in [0, 0.05) is 44.4 Å². The smallest absolute Gasteiger partial charge is 0.0544 e. The first-order valence-electron chi connectivity index (χ1n) is 28.8. The van der Waals surface area contributed by atoms with Crippen LogP contribution in [0.1, 0.15) is 63.3 Å². The van der Waals surface area contributed by atoms with Crippen molar-refractivity contribution in [1.29, 1.82) is 0 Å². The second kappa shape index (κ2) is 18.8. The van der Waals surface area contributed by atoms with E-state index in [1.807, 2.05) is 0 Å². The molecule has 0 radical (unpaired) electrons. The number of benzene rings is 11. The maximum atomic E-state index is 2.55. The summed E-state index contributed by atoms with van der Waals surface area (Å²) >= 11 is 0. The van der Waals surface area contributed by atoms with E-state index in [9.17, 15) is 0 Å². The lowest BCUT2D eigenvalue weighted by Gasteiger charge is -2.30. The van der Waals surface area contributed by atoms with Gasteiger partial charge in [-0.15, -0.1) is 0 Å². The standard InChI is InChI=1S/C79H62N2/c1-51-17-14-27-67-69-48-71-70-47-68-66-26-12-13-28-72(66)78(2,3)73(68)49-75(70)81(76(71)50-74(69)79(4,5)77(51)67)64-43-37-58(38-44-64)60-23-15-22-59(45-60)56-29-31-57(32-30-56)61-24-16-25-65(46-61)80(62-39-33-54(34-40-62)52-18-8-6-9-19-52)63-41-35-55(36-42-63)53-20-10-7-11-21-53/h6-16,18-51H,17H2,1-5H3. The van der Waals surface area contributed by atoms with Crippen LogP contribution in [0.15, 0.2) is 273 Å². The number of anilines is 3. The molecule has 1 heterocycles. The zero-order chi connectivity index (χ0) is 54.6. The van der Waals surface area contributed by atoms with Crippen molar-refractivity contribution in [3.63, 3.8) is 0 Å². The molecule has 1 aromatic heterocycles. The minimum absolute atomic E-state index is 0.0520. The molecule has 3 aliphatic rings. The molecule has 11 aromatic carbocycles. The summed E-state index contributed by atoms with van der Waals surface area (Å²) in [6.45, 7) is 12.1. The monoisotopic (exact) mass is 1040 g/mol. The molecule has 0 amide bonds. The molecule has 2 nitrogen and oxygen atoms in total. The Morgan fingerprint density at radius 3 is 1.38 bits per heavy atom. The van der Waals surface area contributed by atoms with Gasteiger partial charge in [0.25, 0.3) is 0 Å². The highest BCUT2D eigenvalue weighted by Gasteiger charge is 2.41. The third kappa shape index (κ3) is 7.99. The van der Waals surface area contributed by atoms with Gasteiger partial charge in [0.05, 0.1) is 11.0 Å². The number of allylic oxidation sites excluding steroid dienone is 4. The van der Waals surface area contributed by atoms with Crippen LogP contribution in [0.5, 0.6) is 0 Å². The fraction of sp³-hybridized carbons (Fsp3) is 0.114. The Hall–Kier alpha value is -9.50. The Bertz CT molecular complexity index is 4410. The van der Waals surface area contributed by atoms with Gasteiger partial charge in [0.15, 0.2) is 0 Å². The molecule has 0 saturated carbocycles. The van der Waals surface area contributed by atoms with Crippen molar-refractivity contribution in [3.05, 3.63) is 295 Å². The van der Waals surface area contributed by atoms with Crippen molar-refractivity contribution < 1.29 is 0 Å². The second-order valence-electron chi connectivity index (χ2n) is 23.7. The molecule has 388 valence electrons. The average Bonchev–Trinajstić information content (AvgIpc) is 2.20. The summed E-state index contributed by atoms with van der Waals surface area (Å²) in [7, 11) is 0. The van der Waals surface area contributed by atoms with Crippen LogP contribution in [0.2, 0.25) is 0 Å². The van der Waals surface area contributed by atoms with Crippen molar-refractivity contribution in [1.82, 2.24) is 4.57 Å². The van der Waals surface area contributed by atoms with Crippen LogP contribution in [0, 0.1) is 5.92 Å². The Morgan fingerprint density at radius 1 is 0.358 bits per heavy atom. The molecule has 0 fully saturated rings. The number of fused-ring (bicyclic) bond motifs is 8. The van der Waals surface area contributed by atoms with Gasteiger partial charge in [-0.1, -0.05) is 223 Å². The third-order valence-corrected chi connectivity index (χ3v) is 18.2. The molecule has 0 bridgehead atoms. The van der Waals surface area contributed by atoms with Gasteiger partial charge in [0.1, 0.15) is 0 Å². The number of nitrogens with zero attached hydrogens (tertiary/aromatic N) is 2. The lowest BCUT2D eigenvalue weighted by molar-refractivity contribution is 0.531. The molecular weight excluding hydrogens is 977 g/mol. The molecule has 2 heteroatoms. The van der Waals surface area contributed by atoms with E-state index in [2.05, 4.69) is 311 Å². The molecule has 12 aromatic rings. The molecule has 0 spiro atoms. The van der Waals surface area contributed by atoms with Crippen LogP contribution in [-0.4, -0.2) is 4.57 Å². The lowest BCUT2D eigenvalue weighted by Crippen LogP contribution is -2.22. The van der Waals surface area contributed by atoms with Gasteiger partial charge in [-0.25, -0.2) is 0 Å². The van der Waals surface area contributed by atoms with E-state index < -0.39 is 0 Å². The summed E-state index contributed by atoms with van der Waals surface area (Å²) in [5.74, 6) is 0.518. The minimum Gasteiger partial charge on any atom is -0.310 e. The topological polar surface area (TPSA) is 8.17 Å². The van der Waals surface area contributed by atoms with Crippen LogP contribution in [0.3, 0.4) is 0 Å². The van der Waals surface area contributed by atoms with Gasteiger partial charge < -0.3 is 9.47 Å². The summed E-state index contributed by atoms with van der Waals surface area (Å²) in [5, 5.41) is 2.63. The van der Waals surface area contributed by atoms with Gasteiger partial charge in [-0.2, -0.15) is 0 Å². The van der Waals surface area contributed by atoms with E-state index in [4.69, 9.17) is 0 Å². The summed E-state index contributed by atoms with van der Waals surface area (Å²) in [6, 6.07) is 94.5. The van der Waals surface area contributed by atoms with Gasteiger partial charge in [0.2, 0.25) is 0 Å². The van der Waals surface area contributed by atoms with Crippen molar-refractivity contribution in [2.45, 2.75) is 51.9 Å². The van der Waals surface area contributed by atoms with E-state index in [-0.39, 0.29) is 10.8 Å². The Morgan fingerprint density at radius 2 is 0.802 bits per heavy atom. The zero-order valence-electron chi connectivity index (χ0n) is 46.6. The molecular formula is C79H62N2. The number of aromatic nitrogens is 1. The van der Waals surface area contributed by atoms with Crippen molar-refractivity contribution in [2.75, 3.05) is 4.90 Å². The fourth-order valence-electron chi connectivity index (χ4n) is 14.1. The van der Waals surface area contributed by atoms with Crippen molar-refractivity contribution >= 4 is 44.4 Å². The summed E-state index contributed by atoms with van der Waals surface area (Å²) < 4.78 is 2.55. The summed E-state index contributed by atoms with van der Waals surface area (Å²) in [5.41, 5.74) is 30.1. The van der Waals surface area contributed by atoms with E-state index in [0.29, 0.717) is 5.92 Å². The fourth-order valence-corrected chi connectivity index (χ4v) is 14.1. The van der Waals surface area contributed by atoms with E-state index in [0.717, 1.165) is 29.0 Å². The van der Waals surface area contributed by atoms with Gasteiger partial charge >= 0.3 is 0 Å². The number of rotatable bonds is 9. The molecule has 15 rings (SSSR count). The quantitative estimate of drug-likeness (QED) is 0.140. The lowest BCUT2D eigenvalue weighted by atomic mass is 9.74. The predicted octanol–water partition coefficient (Wildman–Crippen LogP) is 21.5. The number of hydrogen-bond donors (Lipinski definition) is 0. The highest BCUT2D eigenvalue weighted by Crippen LogP contribution is 2.55. The van der Waals surface area contributed by atoms with Crippen molar-refractivity contribution in [2.24, 2.45) is 5.92 Å². The van der Waals surface area contributed by atoms with Gasteiger partial charge in [-0.3, -0.25) is 0 Å². The molecule has 0 N–H and O–H groups in total. The first-order chi connectivity index (χ1) is 39.6. The minimum atomic E-state index is -0.107. The first-order valence-corrected chi connectivity index (χ1v) is 28.8. The molecule has 3 aliphatic carbocycles. The molecule has 0 saturated heterocycles. The van der Waals surface area contributed by atoms with E-state index in [1.54, 1.807) is 5.57 Å². The Kier molecular flexibility index (Phi) is 11.3. The van der Waals surface area contributed by atoms with Crippen LogP contribution in [-0.2, 0) is 10.8 Å². The zero-order valence-corrected chi connectivity index (χ0v) is 46.6. The molecule has 1 atom stereocenters. The SMILES string of the molecule is CC1CC=CC2=C1C(C)(C)c1cc3c(cc12)c1cc2c(cc1n3-c1ccc(-c3cccc(-c4ccc(-c5cccc(N(c6ccc(-c7ccccc7)cc6)c6ccc(-c7ccccc7)cc6)c5)cc4)c3)cc1)C(C)(C)c1ccccc1-2. The molecule has 81 heavy (non-hydrogen) atoms. The van der Waals surface area contributed by atoms with Crippen LogP contribution >= 0.6 is 0 Å². The second-order valence-corrected chi connectivity index (χ2v) is 23.7. The third-order valence-electron chi connectivity index (χ3n) is 18.2. The average molecular weight is 1040 g/mol. The molecule has 0 aliphatic heterocycles. The van der Waals surface area contributed by atoms with E-state index in [1.165, 1.54) is 117 Å². The normalized spacial score (nSPS) is 15.4. The van der Waals surface area contributed by atoms with E-state index >= 15 is 0 Å². The van der Waals surface area contributed by atoms with Gasteiger partial charge in [-0.05, 0) is 191 Å². The highest BCUT2D eigenvalue weighted by atomic mass is 15.1. The maximum Gasteiger partial charge on any atom is 0.0544 e. The summed E-state index contributed by atoms with van der Waals surface area (Å²) in [4.78, 5) is 2.36. The number of hydrogen-bond acceptors (Lipinski definition) is 1. The first kappa shape index (κ1) is 48.6. The molecule has 1 unspecified atom stereocenters. The Balaban J connectivity index is 0.752. The predicted molar refractivity (Wildman–Crippen MR) is 343 cm³/mol.